The van der Waals surface area contributed by atoms with E-state index in [-0.39, 0.29) is 18.5 Å². The summed E-state index contributed by atoms with van der Waals surface area (Å²) < 4.78 is 5.45. The Morgan fingerprint density at radius 2 is 0.699 bits per heavy atom. The van der Waals surface area contributed by atoms with Crippen LogP contribution in [-0.2, 0) is 14.3 Å². The van der Waals surface area contributed by atoms with E-state index in [0.717, 1.165) is 96.3 Å². The molecule has 6 nitrogen and oxygen atoms in total. The van der Waals surface area contributed by atoms with E-state index in [1.165, 1.54) is 212 Å². The quantitative estimate of drug-likeness (QED) is 0.0320. The molecule has 0 aromatic carbocycles. The third-order valence-electron chi connectivity index (χ3n) is 14.9. The van der Waals surface area contributed by atoms with Crippen LogP contribution in [-0.4, -0.2) is 47.4 Å². The number of nitrogens with one attached hydrogen (secondary N) is 1. The highest BCUT2D eigenvalue weighted by molar-refractivity contribution is 5.76. The highest BCUT2D eigenvalue weighted by atomic mass is 16.5. The summed E-state index contributed by atoms with van der Waals surface area (Å²) in [6.45, 7) is 4.88. The van der Waals surface area contributed by atoms with Crippen LogP contribution in [0.15, 0.2) is 48.6 Å². The van der Waals surface area contributed by atoms with E-state index in [1.807, 2.05) is 0 Å². The molecule has 0 heterocycles. The minimum Gasteiger partial charge on any atom is -0.466 e. The Hall–Kier alpha value is -2.18. The van der Waals surface area contributed by atoms with Crippen molar-refractivity contribution in [2.45, 2.75) is 353 Å². The maximum atomic E-state index is 12.5. The van der Waals surface area contributed by atoms with E-state index in [1.54, 1.807) is 0 Å². The number of amides is 1. The standard InChI is InChI=1S/C67H125NO5/c1-3-5-7-9-11-13-15-17-19-20-21-22-23-24-25-26-27-29-32-35-39-43-47-51-55-59-65(70)64(63-69)68-66(71)60-56-52-48-44-40-36-33-30-28-31-34-38-42-46-50-54-58-62-73-67(72)61-57-53-49-45-41-37-18-16-14-12-10-8-6-4-2/h10,12,16,18,28,31,38,42,64-65,69-70H,3-9,11,13-15,17,19-27,29-30,32-37,39-41,43-63H2,1-2H3,(H,68,71)/b12-10-,18-16-,31-28-,42-38-. The predicted octanol–water partition coefficient (Wildman–Crippen LogP) is 20.5. The molecule has 3 N–H and O–H groups in total. The van der Waals surface area contributed by atoms with E-state index in [2.05, 4.69) is 67.8 Å². The van der Waals surface area contributed by atoms with Gasteiger partial charge in [-0.1, -0.05) is 287 Å². The molecule has 0 aliphatic rings. The number of esters is 1. The first-order chi connectivity index (χ1) is 36.0. The van der Waals surface area contributed by atoms with E-state index in [9.17, 15) is 19.8 Å². The molecule has 2 unspecified atom stereocenters. The van der Waals surface area contributed by atoms with Gasteiger partial charge >= 0.3 is 5.97 Å². The van der Waals surface area contributed by atoms with Crippen LogP contribution in [0.1, 0.15) is 341 Å². The van der Waals surface area contributed by atoms with Gasteiger partial charge in [-0.15, -0.1) is 0 Å². The van der Waals surface area contributed by atoms with Gasteiger partial charge in [0.25, 0.3) is 0 Å². The van der Waals surface area contributed by atoms with Crippen LogP contribution < -0.4 is 5.32 Å². The molecule has 0 aliphatic carbocycles. The van der Waals surface area contributed by atoms with Crippen molar-refractivity contribution in [3.05, 3.63) is 48.6 Å². The van der Waals surface area contributed by atoms with Crippen molar-refractivity contribution < 1.29 is 24.5 Å². The first-order valence-corrected chi connectivity index (χ1v) is 32.4. The zero-order valence-corrected chi connectivity index (χ0v) is 48.9. The van der Waals surface area contributed by atoms with E-state index >= 15 is 0 Å². The summed E-state index contributed by atoms with van der Waals surface area (Å²) in [5.41, 5.74) is 0. The number of hydrogen-bond donors (Lipinski definition) is 3. The van der Waals surface area contributed by atoms with Crippen molar-refractivity contribution >= 4 is 11.9 Å². The van der Waals surface area contributed by atoms with Gasteiger partial charge in [0.05, 0.1) is 25.4 Å². The monoisotopic (exact) mass is 1020 g/mol. The number of aliphatic hydroxyl groups excluding tert-OH is 2. The fourth-order valence-corrected chi connectivity index (χ4v) is 9.86. The third-order valence-corrected chi connectivity index (χ3v) is 14.9. The second-order valence-corrected chi connectivity index (χ2v) is 22.1. The lowest BCUT2D eigenvalue weighted by molar-refractivity contribution is -0.143. The molecule has 428 valence electrons. The smallest absolute Gasteiger partial charge is 0.305 e. The lowest BCUT2D eigenvalue weighted by Gasteiger charge is -2.22. The molecule has 0 aromatic heterocycles. The van der Waals surface area contributed by atoms with Crippen molar-refractivity contribution in [2.75, 3.05) is 13.2 Å². The fraction of sp³-hybridized carbons (Fsp3) is 0.851. The van der Waals surface area contributed by atoms with Crippen molar-refractivity contribution in [2.24, 2.45) is 0 Å². The van der Waals surface area contributed by atoms with Gasteiger partial charge in [0.1, 0.15) is 0 Å². The summed E-state index contributed by atoms with van der Waals surface area (Å²) in [5, 5.41) is 23.4. The molecular formula is C67H125NO5. The lowest BCUT2D eigenvalue weighted by Crippen LogP contribution is -2.45. The molecule has 0 aromatic rings. The SMILES string of the molecule is CCCC/C=C\C/C=C\CCCCCCCC(=O)OCCCCC/C=C\C/C=C\CCCCCCCCCC(=O)NC(CO)C(O)CCCCCCCCCCCCCCCCCCCCCCCCCCC. The molecule has 1 amide bonds. The maximum Gasteiger partial charge on any atom is 0.305 e. The number of ether oxygens (including phenoxy) is 1. The number of unbranched alkanes of at least 4 members (excludes halogenated alkanes) is 41. The Morgan fingerprint density at radius 3 is 1.08 bits per heavy atom. The van der Waals surface area contributed by atoms with Crippen molar-refractivity contribution in [1.82, 2.24) is 5.32 Å². The Morgan fingerprint density at radius 1 is 0.384 bits per heavy atom. The molecule has 0 aliphatic heterocycles. The summed E-state index contributed by atoms with van der Waals surface area (Å²) in [7, 11) is 0. The zero-order valence-electron chi connectivity index (χ0n) is 48.9. The molecule has 0 radical (unpaired) electrons. The van der Waals surface area contributed by atoms with Crippen LogP contribution in [0.5, 0.6) is 0 Å². The number of carbonyl (C=O) groups is 2. The highest BCUT2D eigenvalue weighted by Gasteiger charge is 2.20. The molecule has 0 fully saturated rings. The molecule has 73 heavy (non-hydrogen) atoms. The lowest BCUT2D eigenvalue weighted by atomic mass is 10.0. The molecule has 0 saturated carbocycles. The molecular weight excluding hydrogens is 899 g/mol. The van der Waals surface area contributed by atoms with E-state index in [0.29, 0.717) is 25.9 Å². The number of aliphatic hydroxyl groups is 2. The van der Waals surface area contributed by atoms with Gasteiger partial charge in [-0.2, -0.15) is 0 Å². The fourth-order valence-electron chi connectivity index (χ4n) is 9.86. The van der Waals surface area contributed by atoms with E-state index < -0.39 is 12.1 Å². The first kappa shape index (κ1) is 70.8. The number of rotatable bonds is 60. The topological polar surface area (TPSA) is 95.9 Å². The molecule has 0 rings (SSSR count). The average molecular weight is 1020 g/mol. The minimum absolute atomic E-state index is 0.0298. The summed E-state index contributed by atoms with van der Waals surface area (Å²) in [4.78, 5) is 24.6. The Kier molecular flexibility index (Phi) is 60.5. The number of carbonyl (C=O) groups excluding carboxylic acids is 2. The first-order valence-electron chi connectivity index (χ1n) is 32.4. The van der Waals surface area contributed by atoms with Gasteiger partial charge in [0.15, 0.2) is 0 Å². The zero-order chi connectivity index (χ0) is 52.9. The van der Waals surface area contributed by atoms with Gasteiger partial charge in [-0.25, -0.2) is 0 Å². The maximum absolute atomic E-state index is 12.5. The van der Waals surface area contributed by atoms with E-state index in [4.69, 9.17) is 4.74 Å². The predicted molar refractivity (Wildman–Crippen MR) is 319 cm³/mol. The van der Waals surface area contributed by atoms with Crippen LogP contribution in [0.2, 0.25) is 0 Å². The van der Waals surface area contributed by atoms with Gasteiger partial charge in [0.2, 0.25) is 5.91 Å². The van der Waals surface area contributed by atoms with Crippen LogP contribution in [0.25, 0.3) is 0 Å². The van der Waals surface area contributed by atoms with Gasteiger partial charge in [-0.3, -0.25) is 9.59 Å². The summed E-state index contributed by atoms with van der Waals surface area (Å²) >= 11 is 0. The van der Waals surface area contributed by atoms with Crippen LogP contribution in [0, 0.1) is 0 Å². The minimum atomic E-state index is -0.678. The molecule has 0 saturated heterocycles. The second kappa shape index (κ2) is 62.4. The van der Waals surface area contributed by atoms with Crippen molar-refractivity contribution in [3.8, 4) is 0 Å². The molecule has 6 heteroatoms. The number of hydrogen-bond acceptors (Lipinski definition) is 5. The third kappa shape index (κ3) is 58.9. The molecule has 2 atom stereocenters. The molecule has 0 bridgehead atoms. The summed E-state index contributed by atoms with van der Waals surface area (Å²) in [5.74, 6) is -0.0786. The summed E-state index contributed by atoms with van der Waals surface area (Å²) in [6, 6.07) is -0.557. The number of allylic oxidation sites excluding steroid dienone is 8. The van der Waals surface area contributed by atoms with Crippen molar-refractivity contribution in [3.63, 3.8) is 0 Å². The Bertz CT molecular complexity index is 1230. The van der Waals surface area contributed by atoms with Gasteiger partial charge < -0.3 is 20.3 Å². The Labute approximate surface area is 455 Å². The molecule has 0 spiro atoms. The van der Waals surface area contributed by atoms with Gasteiger partial charge in [0, 0.05) is 12.8 Å². The summed E-state index contributed by atoms with van der Waals surface area (Å²) in [6.07, 6.45) is 79.8. The van der Waals surface area contributed by atoms with Gasteiger partial charge in [-0.05, 0) is 89.9 Å². The highest BCUT2D eigenvalue weighted by Crippen LogP contribution is 2.18. The average Bonchev–Trinajstić information content (AvgIpc) is 3.39. The normalized spacial score (nSPS) is 12.9. The van der Waals surface area contributed by atoms with Crippen LogP contribution >= 0.6 is 0 Å². The Balaban J connectivity index is 3.49. The second-order valence-electron chi connectivity index (χ2n) is 22.1. The van der Waals surface area contributed by atoms with Crippen LogP contribution in [0.3, 0.4) is 0 Å². The van der Waals surface area contributed by atoms with Crippen molar-refractivity contribution in [1.29, 1.82) is 0 Å². The van der Waals surface area contributed by atoms with Crippen LogP contribution in [0.4, 0.5) is 0 Å². The largest absolute Gasteiger partial charge is 0.466 e.